The van der Waals surface area contributed by atoms with Crippen molar-refractivity contribution >= 4 is 35.2 Å². The molecule has 0 radical (unpaired) electrons. The van der Waals surface area contributed by atoms with Crippen molar-refractivity contribution in [1.29, 1.82) is 0 Å². The Balaban J connectivity index is 1.77. The van der Waals surface area contributed by atoms with Gasteiger partial charge in [0.25, 0.3) is 0 Å². The number of aliphatic hydroxyl groups is 2. The first-order chi connectivity index (χ1) is 24.0. The van der Waals surface area contributed by atoms with Crippen molar-refractivity contribution in [2.75, 3.05) is 6.61 Å². The lowest BCUT2D eigenvalue weighted by Crippen LogP contribution is -2.57. The number of nitrogens with zero attached hydrogens (tertiary/aromatic N) is 2. The molecule has 3 rings (SSSR count). The van der Waals surface area contributed by atoms with E-state index in [4.69, 9.17) is 4.74 Å². The van der Waals surface area contributed by atoms with Crippen LogP contribution in [0.4, 0.5) is 4.79 Å². The van der Waals surface area contributed by atoms with E-state index in [1.54, 1.807) is 35.3 Å². The van der Waals surface area contributed by atoms with Crippen LogP contribution in [0.2, 0.25) is 0 Å². The van der Waals surface area contributed by atoms with Crippen LogP contribution >= 0.6 is 11.3 Å². The Morgan fingerprint density at radius 1 is 0.840 bits per heavy atom. The van der Waals surface area contributed by atoms with Gasteiger partial charge < -0.3 is 36.2 Å². The highest BCUT2D eigenvalue weighted by Crippen LogP contribution is 2.14. The van der Waals surface area contributed by atoms with E-state index in [9.17, 15) is 29.4 Å². The first-order valence-corrected chi connectivity index (χ1v) is 17.9. The lowest BCUT2D eigenvalue weighted by Gasteiger charge is -2.29. The highest BCUT2D eigenvalue weighted by atomic mass is 32.1. The molecule has 0 aliphatic carbocycles. The summed E-state index contributed by atoms with van der Waals surface area (Å²) in [6.07, 6.45) is 0.372. The summed E-state index contributed by atoms with van der Waals surface area (Å²) in [7, 11) is 0. The SMILES string of the molecule is CCC(C)[C@@H](CO)NC(=O)CC(O)C(CC(C)C)NC(=O)[C@H](Cc1cscn1)NC(=O)[C@H](Cc1ccccn1)NC(=O)OCc1ccccc1. The molecule has 272 valence electrons. The number of nitrogens with one attached hydrogen (secondary N) is 4. The number of benzene rings is 1. The summed E-state index contributed by atoms with van der Waals surface area (Å²) < 4.78 is 5.37. The van der Waals surface area contributed by atoms with Crippen LogP contribution in [0, 0.1) is 11.8 Å². The molecule has 3 aromatic rings. The first-order valence-electron chi connectivity index (χ1n) is 16.9. The Morgan fingerprint density at radius 2 is 1.52 bits per heavy atom. The van der Waals surface area contributed by atoms with Gasteiger partial charge in [0, 0.05) is 30.1 Å². The quantitative estimate of drug-likeness (QED) is 0.102. The van der Waals surface area contributed by atoms with E-state index in [2.05, 4.69) is 31.2 Å². The van der Waals surface area contributed by atoms with E-state index < -0.39 is 54.1 Å². The number of rotatable bonds is 20. The fourth-order valence-corrected chi connectivity index (χ4v) is 5.80. The molecule has 2 aromatic heterocycles. The molecular weight excluding hydrogens is 660 g/mol. The van der Waals surface area contributed by atoms with Crippen molar-refractivity contribution in [3.8, 4) is 0 Å². The normalized spacial score (nSPS) is 14.8. The number of amides is 4. The minimum absolute atomic E-state index is 0.00463. The smallest absolute Gasteiger partial charge is 0.408 e. The van der Waals surface area contributed by atoms with Crippen molar-refractivity contribution in [3.63, 3.8) is 0 Å². The molecule has 6 atom stereocenters. The van der Waals surface area contributed by atoms with Gasteiger partial charge in [-0.15, -0.1) is 11.3 Å². The number of aromatic nitrogens is 2. The summed E-state index contributed by atoms with van der Waals surface area (Å²) in [5, 5.41) is 33.7. The third-order valence-corrected chi connectivity index (χ3v) is 8.91. The average Bonchev–Trinajstić information content (AvgIpc) is 3.62. The second-order valence-corrected chi connectivity index (χ2v) is 13.5. The summed E-state index contributed by atoms with van der Waals surface area (Å²) >= 11 is 1.34. The Bertz CT molecular complexity index is 1460. The minimum atomic E-state index is -1.24. The van der Waals surface area contributed by atoms with Gasteiger partial charge in [0.2, 0.25) is 17.7 Å². The Hall–Kier alpha value is -4.40. The van der Waals surface area contributed by atoms with Gasteiger partial charge in [-0.1, -0.05) is 70.5 Å². The molecule has 4 amide bonds. The standard InChI is InChI=1S/C36H50N6O7S/c1-5-24(4)31(19-43)39-33(45)18-32(44)28(15-23(2)3)40-34(46)29(17-27-21-50-22-38-27)41-35(47)30(16-26-13-9-10-14-37-26)42-36(48)49-20-25-11-7-6-8-12-25/h6-14,21-24,28-32,43-44H,5,15-20H2,1-4H3,(H,39,45)(H,40,46)(H,41,47)(H,42,48)/t24?,28?,29-,30-,31+,32?/m0/s1. The van der Waals surface area contributed by atoms with E-state index in [-0.39, 0.29) is 44.3 Å². The Kier molecular flexibility index (Phi) is 16.8. The van der Waals surface area contributed by atoms with Gasteiger partial charge in [0.05, 0.1) is 42.4 Å². The minimum Gasteiger partial charge on any atom is -0.445 e. The van der Waals surface area contributed by atoms with Crippen molar-refractivity contribution in [2.45, 2.75) is 96.7 Å². The third kappa shape index (κ3) is 13.8. The van der Waals surface area contributed by atoms with E-state index in [1.807, 2.05) is 58.0 Å². The number of aliphatic hydroxyl groups excluding tert-OH is 2. The van der Waals surface area contributed by atoms with Crippen LogP contribution in [-0.2, 0) is 38.6 Å². The van der Waals surface area contributed by atoms with Crippen LogP contribution in [-0.4, -0.2) is 80.9 Å². The van der Waals surface area contributed by atoms with Gasteiger partial charge in [0.1, 0.15) is 18.7 Å². The second-order valence-electron chi connectivity index (χ2n) is 12.8. The number of carbonyl (C=O) groups is 4. The molecule has 3 unspecified atom stereocenters. The van der Waals surface area contributed by atoms with Crippen molar-refractivity contribution < 1.29 is 34.1 Å². The van der Waals surface area contributed by atoms with Crippen molar-refractivity contribution in [2.24, 2.45) is 11.8 Å². The lowest BCUT2D eigenvalue weighted by molar-refractivity contribution is -0.131. The number of hydrogen-bond acceptors (Lipinski definition) is 10. The monoisotopic (exact) mass is 710 g/mol. The van der Waals surface area contributed by atoms with Crippen LogP contribution in [0.25, 0.3) is 0 Å². The fraction of sp³-hybridized carbons (Fsp3) is 0.500. The predicted octanol–water partition coefficient (Wildman–Crippen LogP) is 2.91. The largest absolute Gasteiger partial charge is 0.445 e. The van der Waals surface area contributed by atoms with Crippen LogP contribution in [0.15, 0.2) is 65.6 Å². The summed E-state index contributed by atoms with van der Waals surface area (Å²) in [5.74, 6) is -1.61. The topological polar surface area (TPSA) is 192 Å². The molecule has 0 fully saturated rings. The highest BCUT2D eigenvalue weighted by Gasteiger charge is 2.32. The molecule has 0 aliphatic heterocycles. The summed E-state index contributed by atoms with van der Waals surface area (Å²) in [4.78, 5) is 62.0. The molecule has 50 heavy (non-hydrogen) atoms. The van der Waals surface area contributed by atoms with Gasteiger partial charge in [-0.25, -0.2) is 9.78 Å². The molecule has 0 saturated heterocycles. The van der Waals surface area contributed by atoms with Crippen molar-refractivity contribution in [1.82, 2.24) is 31.2 Å². The predicted molar refractivity (Wildman–Crippen MR) is 190 cm³/mol. The molecule has 13 nitrogen and oxygen atoms in total. The highest BCUT2D eigenvalue weighted by molar-refractivity contribution is 7.07. The summed E-state index contributed by atoms with van der Waals surface area (Å²) in [5.41, 5.74) is 3.48. The molecule has 6 N–H and O–H groups in total. The number of pyridine rings is 1. The lowest BCUT2D eigenvalue weighted by atomic mass is 9.95. The maximum Gasteiger partial charge on any atom is 0.408 e. The van der Waals surface area contributed by atoms with Crippen LogP contribution in [0.3, 0.4) is 0 Å². The number of alkyl carbamates (subject to hydrolysis) is 1. The Labute approximate surface area is 297 Å². The van der Waals surface area contributed by atoms with E-state index in [1.165, 1.54) is 11.3 Å². The third-order valence-electron chi connectivity index (χ3n) is 8.28. The average molecular weight is 711 g/mol. The number of thiazole rings is 1. The molecule has 0 spiro atoms. The van der Waals surface area contributed by atoms with Gasteiger partial charge >= 0.3 is 6.09 Å². The first kappa shape index (κ1) is 40.0. The van der Waals surface area contributed by atoms with Gasteiger partial charge in [0.15, 0.2) is 0 Å². The number of carbonyl (C=O) groups excluding carboxylic acids is 4. The number of hydrogen-bond donors (Lipinski definition) is 6. The molecule has 0 saturated carbocycles. The van der Waals surface area contributed by atoms with Crippen LogP contribution in [0.5, 0.6) is 0 Å². The Morgan fingerprint density at radius 3 is 2.14 bits per heavy atom. The molecule has 0 aliphatic rings. The van der Waals surface area contributed by atoms with Crippen LogP contribution < -0.4 is 21.3 Å². The maximum absolute atomic E-state index is 13.9. The zero-order valence-electron chi connectivity index (χ0n) is 29.1. The number of ether oxygens (including phenoxy) is 1. The van der Waals surface area contributed by atoms with Gasteiger partial charge in [-0.3, -0.25) is 19.4 Å². The van der Waals surface area contributed by atoms with Gasteiger partial charge in [-0.05, 0) is 36.0 Å². The van der Waals surface area contributed by atoms with Crippen LogP contribution in [0.1, 0.15) is 63.9 Å². The molecule has 2 heterocycles. The summed E-state index contributed by atoms with van der Waals surface area (Å²) in [6, 6.07) is 10.7. The van der Waals surface area contributed by atoms with Crippen molar-refractivity contribution in [3.05, 3.63) is 82.6 Å². The zero-order valence-corrected chi connectivity index (χ0v) is 29.9. The van der Waals surface area contributed by atoms with E-state index in [0.717, 1.165) is 12.0 Å². The summed E-state index contributed by atoms with van der Waals surface area (Å²) in [6.45, 7) is 7.49. The molecular formula is C36H50N6O7S. The van der Waals surface area contributed by atoms with Gasteiger partial charge in [-0.2, -0.15) is 0 Å². The second kappa shape index (κ2) is 21.0. The molecule has 1 aromatic carbocycles. The molecule has 14 heteroatoms. The van der Waals surface area contributed by atoms with E-state index >= 15 is 0 Å². The van der Waals surface area contributed by atoms with E-state index in [0.29, 0.717) is 17.8 Å². The fourth-order valence-electron chi connectivity index (χ4n) is 5.23. The zero-order chi connectivity index (χ0) is 36.5. The maximum atomic E-state index is 13.9. The molecule has 0 bridgehead atoms.